The standard InChI is InChI=1S/C11H12FN3OS.ClH/c12-9-4-2-1-3-8(9)7-17-11-15-14-10(16-11)5-6-13;/h1-4H,5-7,13H2;1H. The zero-order chi connectivity index (χ0) is 12.1. The summed E-state index contributed by atoms with van der Waals surface area (Å²) in [6.45, 7) is 0.722. The van der Waals surface area contributed by atoms with E-state index in [4.69, 9.17) is 4.42 Å². The first-order chi connectivity index (χ1) is 8.29. The smallest absolute Gasteiger partial charge is 0.276 e. The summed E-state index contributed by atoms with van der Waals surface area (Å²) in [5.41, 5.74) is 4.34. The Hall–Kier alpha value is -1.11. The van der Waals surface area contributed by atoms with E-state index in [0.717, 1.165) is 6.54 Å². The lowest BCUT2D eigenvalue weighted by Crippen LogP contribution is -3.00. The number of benzene rings is 1. The maximum Gasteiger partial charge on any atom is 0.276 e. The number of nitrogens with zero attached hydrogens (tertiary/aromatic N) is 2. The number of quaternary nitrogens is 1. The zero-order valence-electron chi connectivity index (χ0n) is 9.60. The fraction of sp³-hybridized carbons (Fsp3) is 0.273. The van der Waals surface area contributed by atoms with Crippen LogP contribution in [0, 0.1) is 5.82 Å². The third-order valence-corrected chi connectivity index (χ3v) is 3.02. The Morgan fingerprint density at radius 2 is 2.06 bits per heavy atom. The second-order valence-electron chi connectivity index (χ2n) is 3.45. The Morgan fingerprint density at radius 3 is 2.78 bits per heavy atom. The van der Waals surface area contributed by atoms with Gasteiger partial charge in [0.15, 0.2) is 0 Å². The molecule has 1 heterocycles. The third-order valence-electron chi connectivity index (χ3n) is 2.15. The monoisotopic (exact) mass is 289 g/mol. The molecule has 0 unspecified atom stereocenters. The number of aromatic nitrogens is 2. The average Bonchev–Trinajstić information content (AvgIpc) is 2.76. The number of hydrogen-bond acceptors (Lipinski definition) is 4. The molecule has 0 bridgehead atoms. The summed E-state index contributed by atoms with van der Waals surface area (Å²) >= 11 is 1.33. The van der Waals surface area contributed by atoms with Crippen LogP contribution in [0.15, 0.2) is 33.9 Å². The van der Waals surface area contributed by atoms with E-state index < -0.39 is 0 Å². The van der Waals surface area contributed by atoms with Gasteiger partial charge in [0.1, 0.15) is 5.82 Å². The molecule has 0 radical (unpaired) electrons. The van der Waals surface area contributed by atoms with E-state index in [0.29, 0.717) is 28.9 Å². The van der Waals surface area contributed by atoms with Gasteiger partial charge in [0, 0.05) is 5.75 Å². The molecule has 7 heteroatoms. The largest absolute Gasteiger partial charge is 1.00 e. The Balaban J connectivity index is 0.00000162. The van der Waals surface area contributed by atoms with Crippen molar-refractivity contribution < 1.29 is 26.9 Å². The van der Waals surface area contributed by atoms with Crippen LogP contribution in [-0.2, 0) is 12.2 Å². The fourth-order valence-electron chi connectivity index (χ4n) is 1.30. The quantitative estimate of drug-likeness (QED) is 0.666. The number of halogens is 2. The molecule has 3 N–H and O–H groups in total. The summed E-state index contributed by atoms with van der Waals surface area (Å²) in [6, 6.07) is 6.66. The van der Waals surface area contributed by atoms with Crippen molar-refractivity contribution in [1.82, 2.24) is 10.2 Å². The number of hydrogen-bond donors (Lipinski definition) is 1. The van der Waals surface area contributed by atoms with Crippen molar-refractivity contribution in [3.8, 4) is 0 Å². The molecule has 18 heavy (non-hydrogen) atoms. The van der Waals surface area contributed by atoms with E-state index in [1.165, 1.54) is 17.8 Å². The third kappa shape index (κ3) is 3.97. The van der Waals surface area contributed by atoms with Gasteiger partial charge in [0.25, 0.3) is 5.22 Å². The van der Waals surface area contributed by atoms with Crippen LogP contribution < -0.4 is 18.1 Å². The molecular formula is C11H13ClFN3OS. The predicted octanol–water partition coefficient (Wildman–Crippen LogP) is -1.71. The average molecular weight is 290 g/mol. The molecule has 4 nitrogen and oxygen atoms in total. The highest BCUT2D eigenvalue weighted by Gasteiger charge is 2.08. The molecule has 0 spiro atoms. The van der Waals surface area contributed by atoms with E-state index in [1.807, 2.05) is 0 Å². The van der Waals surface area contributed by atoms with Crippen LogP contribution in [0.2, 0.25) is 0 Å². The lowest BCUT2D eigenvalue weighted by molar-refractivity contribution is -0.367. The minimum Gasteiger partial charge on any atom is -1.00 e. The molecule has 0 fully saturated rings. The summed E-state index contributed by atoms with van der Waals surface area (Å²) in [5.74, 6) is 0.854. The highest BCUT2D eigenvalue weighted by molar-refractivity contribution is 7.98. The second-order valence-corrected chi connectivity index (χ2v) is 4.37. The van der Waals surface area contributed by atoms with E-state index >= 15 is 0 Å². The zero-order valence-corrected chi connectivity index (χ0v) is 11.2. The van der Waals surface area contributed by atoms with Gasteiger partial charge in [0.2, 0.25) is 5.89 Å². The van der Waals surface area contributed by atoms with Gasteiger partial charge in [-0.3, -0.25) is 0 Å². The molecule has 2 rings (SSSR count). The van der Waals surface area contributed by atoms with Gasteiger partial charge in [-0.05, 0) is 11.6 Å². The van der Waals surface area contributed by atoms with Crippen molar-refractivity contribution in [2.24, 2.45) is 0 Å². The van der Waals surface area contributed by atoms with Gasteiger partial charge < -0.3 is 22.6 Å². The molecule has 1 aromatic heterocycles. The summed E-state index contributed by atoms with van der Waals surface area (Å²) in [5, 5.41) is 8.21. The fourth-order valence-corrected chi connectivity index (χ4v) is 2.07. The topological polar surface area (TPSA) is 66.6 Å². The predicted molar refractivity (Wildman–Crippen MR) is 61.7 cm³/mol. The second kappa shape index (κ2) is 7.35. The number of rotatable bonds is 5. The van der Waals surface area contributed by atoms with Crippen LogP contribution >= 0.6 is 11.8 Å². The lowest BCUT2D eigenvalue weighted by Gasteiger charge is -1.99. The van der Waals surface area contributed by atoms with Crippen molar-refractivity contribution in [2.75, 3.05) is 6.54 Å². The van der Waals surface area contributed by atoms with Gasteiger partial charge in [0.05, 0.1) is 13.0 Å². The van der Waals surface area contributed by atoms with Gasteiger partial charge >= 0.3 is 0 Å². The van der Waals surface area contributed by atoms with E-state index in [1.54, 1.807) is 18.2 Å². The van der Waals surface area contributed by atoms with Crippen LogP contribution in [0.1, 0.15) is 11.5 Å². The minimum absolute atomic E-state index is 0. The van der Waals surface area contributed by atoms with Crippen molar-refractivity contribution >= 4 is 11.8 Å². The van der Waals surface area contributed by atoms with E-state index in [-0.39, 0.29) is 18.2 Å². The van der Waals surface area contributed by atoms with Crippen molar-refractivity contribution in [3.63, 3.8) is 0 Å². The Labute approximate surface area is 115 Å². The van der Waals surface area contributed by atoms with Crippen molar-refractivity contribution in [3.05, 3.63) is 41.5 Å². The summed E-state index contributed by atoms with van der Waals surface area (Å²) in [4.78, 5) is 0. The first-order valence-corrected chi connectivity index (χ1v) is 6.26. The molecule has 98 valence electrons. The maximum atomic E-state index is 13.3. The molecule has 2 aromatic rings. The van der Waals surface area contributed by atoms with Crippen LogP contribution in [0.3, 0.4) is 0 Å². The highest BCUT2D eigenvalue weighted by Crippen LogP contribution is 2.22. The summed E-state index contributed by atoms with van der Waals surface area (Å²) < 4.78 is 18.7. The van der Waals surface area contributed by atoms with Crippen molar-refractivity contribution in [2.45, 2.75) is 17.4 Å². The Bertz CT molecular complexity index is 495. The molecule has 0 atom stereocenters. The first kappa shape index (κ1) is 14.9. The van der Waals surface area contributed by atoms with Crippen molar-refractivity contribution in [1.29, 1.82) is 0 Å². The molecule has 1 aromatic carbocycles. The molecule has 0 aliphatic rings. The van der Waals surface area contributed by atoms with E-state index in [9.17, 15) is 4.39 Å². The van der Waals surface area contributed by atoms with Crippen LogP contribution in [0.25, 0.3) is 0 Å². The molecular weight excluding hydrogens is 277 g/mol. The lowest BCUT2D eigenvalue weighted by atomic mass is 10.2. The Kier molecular flexibility index (Phi) is 6.11. The normalized spacial score (nSPS) is 10.1. The highest BCUT2D eigenvalue weighted by atomic mass is 35.5. The molecule has 0 saturated heterocycles. The van der Waals surface area contributed by atoms with Gasteiger partial charge in [-0.1, -0.05) is 30.0 Å². The summed E-state index contributed by atoms with van der Waals surface area (Å²) in [7, 11) is 0. The van der Waals surface area contributed by atoms with E-state index in [2.05, 4.69) is 15.9 Å². The van der Waals surface area contributed by atoms with Gasteiger partial charge in [-0.2, -0.15) is 0 Å². The molecule has 0 aliphatic carbocycles. The Morgan fingerprint density at radius 1 is 1.28 bits per heavy atom. The molecule has 0 saturated carbocycles. The number of thioether (sulfide) groups is 1. The van der Waals surface area contributed by atoms with Crippen LogP contribution in [0.5, 0.6) is 0 Å². The minimum atomic E-state index is -0.211. The van der Waals surface area contributed by atoms with Gasteiger partial charge in [-0.15, -0.1) is 10.2 Å². The molecule has 0 amide bonds. The van der Waals surface area contributed by atoms with Crippen LogP contribution in [0.4, 0.5) is 4.39 Å². The maximum absolute atomic E-state index is 13.3. The summed E-state index contributed by atoms with van der Waals surface area (Å²) in [6.07, 6.45) is 0.674. The SMILES string of the molecule is [Cl-].[NH3+]CCc1nnc(SCc2ccccc2F)o1. The van der Waals surface area contributed by atoms with Crippen LogP contribution in [-0.4, -0.2) is 16.7 Å². The first-order valence-electron chi connectivity index (χ1n) is 5.27. The van der Waals surface area contributed by atoms with Gasteiger partial charge in [-0.25, -0.2) is 4.39 Å². The molecule has 0 aliphatic heterocycles.